The van der Waals surface area contributed by atoms with Gasteiger partial charge < -0.3 is 4.74 Å². The summed E-state index contributed by atoms with van der Waals surface area (Å²) in [5.41, 5.74) is 3.21. The summed E-state index contributed by atoms with van der Waals surface area (Å²) in [6.07, 6.45) is 5.10. The quantitative estimate of drug-likeness (QED) is 0.364. The molecule has 35 heavy (non-hydrogen) atoms. The predicted octanol–water partition coefficient (Wildman–Crippen LogP) is 5.22. The Kier molecular flexibility index (Phi) is 6.71. The molecule has 0 bridgehead atoms. The van der Waals surface area contributed by atoms with Crippen LogP contribution in [0.5, 0.6) is 5.75 Å². The van der Waals surface area contributed by atoms with Gasteiger partial charge in [-0.25, -0.2) is 9.97 Å². The van der Waals surface area contributed by atoms with Crippen LogP contribution in [0.15, 0.2) is 41.6 Å². The second kappa shape index (κ2) is 9.43. The Hall–Kier alpha value is -3.23. The van der Waals surface area contributed by atoms with E-state index in [0.29, 0.717) is 33.6 Å². The third-order valence-electron chi connectivity index (χ3n) is 5.41. The highest BCUT2D eigenvalue weighted by molar-refractivity contribution is 6.33. The van der Waals surface area contributed by atoms with Crippen LogP contribution >= 0.6 is 23.2 Å². The summed E-state index contributed by atoms with van der Waals surface area (Å²) >= 11 is 12.9. The molecule has 4 heterocycles. The number of pyridine rings is 2. The van der Waals surface area contributed by atoms with Crippen molar-refractivity contribution in [2.45, 2.75) is 46.6 Å². The number of aryl methyl sites for hydroxylation is 3. The lowest BCUT2D eigenvalue weighted by Gasteiger charge is -2.19. The number of aromatic nitrogens is 6. The molecule has 0 aliphatic rings. The van der Waals surface area contributed by atoms with Gasteiger partial charge in [0.05, 0.1) is 27.8 Å². The molecule has 0 saturated carbocycles. The summed E-state index contributed by atoms with van der Waals surface area (Å²) in [5.74, 6) is 0.977. The fourth-order valence-corrected chi connectivity index (χ4v) is 3.95. The van der Waals surface area contributed by atoms with Crippen LogP contribution in [0.3, 0.4) is 0 Å². The monoisotopic (exact) mass is 512 g/mol. The molecule has 8 nitrogen and oxygen atoms in total. The van der Waals surface area contributed by atoms with E-state index < -0.39 is 5.56 Å². The summed E-state index contributed by atoms with van der Waals surface area (Å²) in [7, 11) is 1.82. The molecule has 0 saturated heterocycles. The Balaban J connectivity index is 1.76. The molecule has 4 rings (SSSR count). The van der Waals surface area contributed by atoms with Crippen LogP contribution in [-0.4, -0.2) is 29.3 Å². The molecule has 4 aromatic rings. The van der Waals surface area contributed by atoms with Gasteiger partial charge in [0.25, 0.3) is 5.56 Å². The number of hydrogen-bond acceptors (Lipinski definition) is 6. The van der Waals surface area contributed by atoms with Crippen molar-refractivity contribution in [1.82, 2.24) is 29.3 Å². The lowest BCUT2D eigenvalue weighted by Crippen LogP contribution is -2.22. The number of nitrogens with zero attached hydrogens (tertiary/aromatic N) is 6. The Morgan fingerprint density at radius 2 is 1.83 bits per heavy atom. The summed E-state index contributed by atoms with van der Waals surface area (Å²) in [5, 5.41) is 4.53. The highest BCUT2D eigenvalue weighted by Crippen LogP contribution is 2.30. The van der Waals surface area contributed by atoms with Gasteiger partial charge in [-0.3, -0.25) is 19.0 Å². The zero-order valence-electron chi connectivity index (χ0n) is 20.4. The number of halogens is 2. The van der Waals surface area contributed by atoms with E-state index in [1.165, 1.54) is 10.8 Å². The summed E-state index contributed by atoms with van der Waals surface area (Å²) in [6.45, 7) is 10.0. The van der Waals surface area contributed by atoms with Crippen molar-refractivity contribution in [3.63, 3.8) is 0 Å². The molecule has 182 valence electrons. The topological polar surface area (TPSA) is 87.7 Å². The summed E-state index contributed by atoms with van der Waals surface area (Å²) < 4.78 is 8.92. The van der Waals surface area contributed by atoms with Gasteiger partial charge >= 0.3 is 0 Å². The molecule has 0 aliphatic carbocycles. The van der Waals surface area contributed by atoms with E-state index in [1.807, 2.05) is 47.0 Å². The minimum atomic E-state index is -0.448. The molecular weight excluding hydrogens is 487 g/mol. The lowest BCUT2D eigenvalue weighted by atomic mass is 9.95. The highest BCUT2D eigenvalue weighted by atomic mass is 35.5. The summed E-state index contributed by atoms with van der Waals surface area (Å²) in [6, 6.07) is 5.28. The van der Waals surface area contributed by atoms with Crippen molar-refractivity contribution in [2.75, 3.05) is 0 Å². The van der Waals surface area contributed by atoms with Gasteiger partial charge in [0.2, 0.25) is 0 Å². The fourth-order valence-electron chi connectivity index (χ4n) is 3.57. The molecular formula is C25H26Cl2N6O2. The average Bonchev–Trinajstić information content (AvgIpc) is 3.21. The molecule has 10 heteroatoms. The average molecular weight is 513 g/mol. The van der Waals surface area contributed by atoms with Crippen molar-refractivity contribution in [1.29, 1.82) is 0 Å². The fraction of sp³-hybridized carbons (Fsp3) is 0.320. The van der Waals surface area contributed by atoms with Gasteiger partial charge in [0.15, 0.2) is 0 Å². The Labute approximate surface area is 213 Å². The van der Waals surface area contributed by atoms with Crippen LogP contribution in [0.1, 0.15) is 43.5 Å². The molecule has 0 unspecified atom stereocenters. The predicted molar refractivity (Wildman–Crippen MR) is 137 cm³/mol. The van der Waals surface area contributed by atoms with Crippen molar-refractivity contribution < 1.29 is 4.74 Å². The van der Waals surface area contributed by atoms with Crippen LogP contribution in [0, 0.1) is 13.8 Å². The minimum Gasteiger partial charge on any atom is -0.485 e. The SMILES string of the molecule is Cc1cnc(C(C)(C)C)nc1-c1cc(-n2c(C)cc(OCc3ccn(C)n3)c(Cl)c2=O)c(Cl)cn1. The van der Waals surface area contributed by atoms with Gasteiger partial charge in [0.1, 0.15) is 23.2 Å². The van der Waals surface area contributed by atoms with Gasteiger partial charge in [-0.1, -0.05) is 44.0 Å². The van der Waals surface area contributed by atoms with Crippen LogP contribution < -0.4 is 10.3 Å². The highest BCUT2D eigenvalue weighted by Gasteiger charge is 2.21. The second-order valence-corrected chi connectivity index (χ2v) is 10.2. The first-order valence-corrected chi connectivity index (χ1v) is 11.7. The Morgan fingerprint density at radius 1 is 1.09 bits per heavy atom. The molecule has 4 aromatic heterocycles. The normalized spacial score (nSPS) is 11.7. The second-order valence-electron chi connectivity index (χ2n) is 9.37. The van der Waals surface area contributed by atoms with E-state index in [-0.39, 0.29) is 22.8 Å². The van der Waals surface area contributed by atoms with Crippen LogP contribution in [0.2, 0.25) is 10.0 Å². The summed E-state index contributed by atoms with van der Waals surface area (Å²) in [4.78, 5) is 27.0. The van der Waals surface area contributed by atoms with Crippen LogP contribution in [-0.2, 0) is 19.1 Å². The lowest BCUT2D eigenvalue weighted by molar-refractivity contribution is 0.299. The van der Waals surface area contributed by atoms with Gasteiger partial charge in [-0.2, -0.15) is 5.10 Å². The Morgan fingerprint density at radius 3 is 2.49 bits per heavy atom. The molecule has 0 spiro atoms. The first-order chi connectivity index (χ1) is 16.5. The van der Waals surface area contributed by atoms with E-state index in [4.69, 9.17) is 32.9 Å². The molecule has 0 N–H and O–H groups in total. The van der Waals surface area contributed by atoms with Crippen molar-refractivity contribution in [3.05, 3.63) is 80.0 Å². The van der Waals surface area contributed by atoms with E-state index in [9.17, 15) is 4.79 Å². The molecule has 0 atom stereocenters. The Bertz CT molecular complexity index is 1470. The first kappa shape index (κ1) is 24.9. The largest absolute Gasteiger partial charge is 0.485 e. The van der Waals surface area contributed by atoms with E-state index in [0.717, 1.165) is 11.3 Å². The molecule has 0 radical (unpaired) electrons. The molecule has 0 fully saturated rings. The first-order valence-electron chi connectivity index (χ1n) is 11.0. The molecule has 0 aliphatic heterocycles. The van der Waals surface area contributed by atoms with Crippen molar-refractivity contribution in [2.24, 2.45) is 7.05 Å². The number of hydrogen-bond donors (Lipinski definition) is 0. The third kappa shape index (κ3) is 5.09. The zero-order valence-corrected chi connectivity index (χ0v) is 21.9. The van der Waals surface area contributed by atoms with Crippen molar-refractivity contribution >= 4 is 23.2 Å². The van der Waals surface area contributed by atoms with Crippen LogP contribution in [0.4, 0.5) is 0 Å². The van der Waals surface area contributed by atoms with Gasteiger partial charge in [-0.15, -0.1) is 0 Å². The van der Waals surface area contributed by atoms with Gasteiger partial charge in [-0.05, 0) is 31.5 Å². The number of ether oxygens (including phenoxy) is 1. The van der Waals surface area contributed by atoms with Gasteiger partial charge in [0, 0.05) is 42.8 Å². The smallest absolute Gasteiger partial charge is 0.277 e. The maximum absolute atomic E-state index is 13.3. The maximum Gasteiger partial charge on any atom is 0.277 e. The minimum absolute atomic E-state index is 0.0470. The van der Waals surface area contributed by atoms with Crippen LogP contribution in [0.25, 0.3) is 17.1 Å². The van der Waals surface area contributed by atoms with E-state index in [2.05, 4.69) is 15.1 Å². The van der Waals surface area contributed by atoms with E-state index >= 15 is 0 Å². The molecule has 0 amide bonds. The third-order valence-corrected chi connectivity index (χ3v) is 6.04. The van der Waals surface area contributed by atoms with Crippen molar-refractivity contribution in [3.8, 4) is 22.8 Å². The van der Waals surface area contributed by atoms with E-state index in [1.54, 1.807) is 29.9 Å². The molecule has 0 aromatic carbocycles. The maximum atomic E-state index is 13.3. The zero-order chi connectivity index (χ0) is 25.5. The number of rotatable bonds is 5. The standard InChI is InChI=1S/C25H26Cl2N6O2/c1-14-11-29-24(25(3,4)5)30-22(14)18-10-19(17(26)12-28-18)33-15(2)9-20(21(27)23(33)34)35-13-16-7-8-32(6)31-16/h7-12H,13H2,1-6H3.